The van der Waals surface area contributed by atoms with Crippen molar-refractivity contribution in [2.75, 3.05) is 0 Å². The van der Waals surface area contributed by atoms with Crippen LogP contribution >= 0.6 is 0 Å². The lowest BCUT2D eigenvalue weighted by Crippen LogP contribution is -2.35. The largest absolute Gasteiger partial charge is 0.349 e. The number of hydrogen-bond donors (Lipinski definition) is 1. The molecule has 1 aromatic carbocycles. The summed E-state index contributed by atoms with van der Waals surface area (Å²) in [5.74, 6) is 2.69. The van der Waals surface area contributed by atoms with Crippen molar-refractivity contribution in [3.63, 3.8) is 0 Å². The molecule has 0 spiro atoms. The predicted molar refractivity (Wildman–Crippen MR) is 85.9 cm³/mol. The van der Waals surface area contributed by atoms with Gasteiger partial charge in [0.05, 0.1) is 6.04 Å². The molecule has 114 valence electrons. The Morgan fingerprint density at radius 1 is 1.14 bits per heavy atom. The van der Waals surface area contributed by atoms with E-state index >= 15 is 0 Å². The summed E-state index contributed by atoms with van der Waals surface area (Å²) in [4.78, 5) is 12.5. The normalized spacial score (nSPS) is 28.3. The van der Waals surface area contributed by atoms with Gasteiger partial charge in [0.1, 0.15) is 0 Å². The third kappa shape index (κ3) is 3.14. The van der Waals surface area contributed by atoms with Crippen LogP contribution in [0, 0.1) is 23.7 Å². The third-order valence-electron chi connectivity index (χ3n) is 5.33. The zero-order valence-corrected chi connectivity index (χ0v) is 13.4. The molecule has 1 N–H and O–H groups in total. The van der Waals surface area contributed by atoms with Gasteiger partial charge in [-0.15, -0.1) is 0 Å². The molecule has 0 aromatic heterocycles. The standard InChI is InChI=1S/C19H27NO/c1-4-13-5-7-14(8-6-13)18(12(2)3)20-19(21)17-10-15-9-16(15)11-17/h5-8,12,15-18H,4,9-11H2,1-3H3,(H,20,21). The molecule has 2 fully saturated rings. The molecule has 0 heterocycles. The number of hydrogen-bond acceptors (Lipinski definition) is 1. The van der Waals surface area contributed by atoms with E-state index in [9.17, 15) is 4.79 Å². The monoisotopic (exact) mass is 285 g/mol. The number of nitrogens with one attached hydrogen (secondary N) is 1. The molecule has 0 saturated heterocycles. The Morgan fingerprint density at radius 2 is 1.76 bits per heavy atom. The zero-order valence-electron chi connectivity index (χ0n) is 13.4. The average molecular weight is 285 g/mol. The first-order chi connectivity index (χ1) is 10.1. The van der Waals surface area contributed by atoms with Crippen LogP contribution in [0.5, 0.6) is 0 Å². The second-order valence-corrected chi connectivity index (χ2v) is 7.25. The summed E-state index contributed by atoms with van der Waals surface area (Å²) in [6, 6.07) is 8.86. The lowest BCUT2D eigenvalue weighted by molar-refractivity contribution is -0.126. The van der Waals surface area contributed by atoms with Gasteiger partial charge in [0, 0.05) is 5.92 Å². The van der Waals surface area contributed by atoms with Crippen LogP contribution in [-0.4, -0.2) is 5.91 Å². The molecule has 3 rings (SSSR count). The molecule has 21 heavy (non-hydrogen) atoms. The van der Waals surface area contributed by atoms with Gasteiger partial charge in [0.25, 0.3) is 0 Å². The lowest BCUT2D eigenvalue weighted by Gasteiger charge is -2.25. The smallest absolute Gasteiger partial charge is 0.223 e. The fourth-order valence-corrected chi connectivity index (χ4v) is 3.80. The highest BCUT2D eigenvalue weighted by molar-refractivity contribution is 5.79. The first kappa shape index (κ1) is 14.6. The fraction of sp³-hybridized carbons (Fsp3) is 0.632. The third-order valence-corrected chi connectivity index (χ3v) is 5.33. The first-order valence-corrected chi connectivity index (χ1v) is 8.47. The maximum absolute atomic E-state index is 12.5. The summed E-state index contributed by atoms with van der Waals surface area (Å²) in [7, 11) is 0. The number of benzene rings is 1. The van der Waals surface area contributed by atoms with Gasteiger partial charge in [0.15, 0.2) is 0 Å². The second-order valence-electron chi connectivity index (χ2n) is 7.25. The highest BCUT2D eigenvalue weighted by Gasteiger charge is 2.48. The topological polar surface area (TPSA) is 29.1 Å². The van der Waals surface area contributed by atoms with Crippen LogP contribution in [0.25, 0.3) is 0 Å². The Hall–Kier alpha value is -1.31. The van der Waals surface area contributed by atoms with Crippen molar-refractivity contribution in [3.05, 3.63) is 35.4 Å². The van der Waals surface area contributed by atoms with E-state index in [-0.39, 0.29) is 17.9 Å². The number of aryl methyl sites for hydroxylation is 1. The van der Waals surface area contributed by atoms with E-state index in [0.29, 0.717) is 5.92 Å². The predicted octanol–water partition coefficient (Wildman–Crippen LogP) is 4.11. The van der Waals surface area contributed by atoms with Gasteiger partial charge in [-0.2, -0.15) is 0 Å². The van der Waals surface area contributed by atoms with E-state index < -0.39 is 0 Å². The van der Waals surface area contributed by atoms with E-state index in [1.165, 1.54) is 17.5 Å². The van der Waals surface area contributed by atoms with Crippen LogP contribution in [0.1, 0.15) is 57.2 Å². The van der Waals surface area contributed by atoms with Crippen molar-refractivity contribution in [2.24, 2.45) is 23.7 Å². The number of rotatable bonds is 5. The van der Waals surface area contributed by atoms with Crippen LogP contribution in [0.4, 0.5) is 0 Å². The van der Waals surface area contributed by atoms with Gasteiger partial charge < -0.3 is 5.32 Å². The van der Waals surface area contributed by atoms with Gasteiger partial charge in [-0.05, 0) is 54.6 Å². The van der Waals surface area contributed by atoms with Gasteiger partial charge >= 0.3 is 0 Å². The molecular formula is C19H27NO. The summed E-state index contributed by atoms with van der Waals surface area (Å²) < 4.78 is 0. The summed E-state index contributed by atoms with van der Waals surface area (Å²) in [5.41, 5.74) is 2.59. The SMILES string of the molecule is CCc1ccc(C(NC(=O)C2CC3CC3C2)C(C)C)cc1. The van der Waals surface area contributed by atoms with E-state index in [0.717, 1.165) is 31.1 Å². The number of amides is 1. The molecule has 2 aliphatic rings. The van der Waals surface area contributed by atoms with Crippen molar-refractivity contribution >= 4 is 5.91 Å². The number of carbonyl (C=O) groups is 1. The minimum absolute atomic E-state index is 0.139. The van der Waals surface area contributed by atoms with Crippen molar-refractivity contribution in [1.82, 2.24) is 5.32 Å². The van der Waals surface area contributed by atoms with Gasteiger partial charge in [0.2, 0.25) is 5.91 Å². The molecule has 2 nitrogen and oxygen atoms in total. The maximum Gasteiger partial charge on any atom is 0.223 e. The first-order valence-electron chi connectivity index (χ1n) is 8.47. The van der Waals surface area contributed by atoms with Crippen LogP contribution in [0.2, 0.25) is 0 Å². The van der Waals surface area contributed by atoms with Crippen LogP contribution < -0.4 is 5.32 Å². The summed E-state index contributed by atoms with van der Waals surface area (Å²) >= 11 is 0. The van der Waals surface area contributed by atoms with Crippen molar-refractivity contribution in [3.8, 4) is 0 Å². The Morgan fingerprint density at radius 3 is 2.29 bits per heavy atom. The quantitative estimate of drug-likeness (QED) is 0.866. The molecule has 1 amide bonds. The van der Waals surface area contributed by atoms with Crippen LogP contribution in [-0.2, 0) is 11.2 Å². The molecular weight excluding hydrogens is 258 g/mol. The van der Waals surface area contributed by atoms with E-state index in [2.05, 4.69) is 50.4 Å². The fourth-order valence-electron chi connectivity index (χ4n) is 3.80. The highest BCUT2D eigenvalue weighted by Crippen LogP contribution is 2.54. The molecule has 0 radical (unpaired) electrons. The Bertz CT molecular complexity index is 495. The lowest BCUT2D eigenvalue weighted by atomic mass is 9.93. The average Bonchev–Trinajstić information content (AvgIpc) is 3.10. The molecule has 0 bridgehead atoms. The Balaban J connectivity index is 1.67. The van der Waals surface area contributed by atoms with E-state index in [1.807, 2.05) is 0 Å². The van der Waals surface area contributed by atoms with Crippen LogP contribution in [0.15, 0.2) is 24.3 Å². The van der Waals surface area contributed by atoms with Gasteiger partial charge in [-0.3, -0.25) is 4.79 Å². The Labute approximate surface area is 128 Å². The Kier molecular flexibility index (Phi) is 4.05. The summed E-state index contributed by atoms with van der Waals surface area (Å²) in [6.45, 7) is 6.54. The van der Waals surface area contributed by atoms with Gasteiger partial charge in [-0.1, -0.05) is 45.0 Å². The minimum Gasteiger partial charge on any atom is -0.349 e. The molecule has 2 heteroatoms. The van der Waals surface area contributed by atoms with Crippen molar-refractivity contribution < 1.29 is 4.79 Å². The van der Waals surface area contributed by atoms with Crippen molar-refractivity contribution in [2.45, 2.75) is 52.5 Å². The molecule has 1 aromatic rings. The summed E-state index contributed by atoms with van der Waals surface area (Å²) in [5, 5.41) is 3.31. The maximum atomic E-state index is 12.5. The summed E-state index contributed by atoms with van der Waals surface area (Å²) in [6.07, 6.45) is 4.67. The van der Waals surface area contributed by atoms with Gasteiger partial charge in [-0.25, -0.2) is 0 Å². The van der Waals surface area contributed by atoms with Crippen molar-refractivity contribution in [1.29, 1.82) is 0 Å². The second kappa shape index (κ2) is 5.82. The number of carbonyl (C=O) groups excluding carboxylic acids is 1. The number of fused-ring (bicyclic) bond motifs is 1. The minimum atomic E-state index is 0.139. The molecule has 3 unspecified atom stereocenters. The van der Waals surface area contributed by atoms with E-state index in [4.69, 9.17) is 0 Å². The molecule has 0 aliphatic heterocycles. The zero-order chi connectivity index (χ0) is 15.0. The molecule has 2 aliphatic carbocycles. The van der Waals surface area contributed by atoms with Crippen LogP contribution in [0.3, 0.4) is 0 Å². The van der Waals surface area contributed by atoms with E-state index in [1.54, 1.807) is 0 Å². The molecule has 2 saturated carbocycles. The highest BCUT2D eigenvalue weighted by atomic mass is 16.2. The molecule has 3 atom stereocenters.